The standard InChI is InChI=1S/C12H8ClN5O2/c13-10-8(11(19)20)3-7(5-15-10)6-1-2-18-9(4-6)16-12(14)17-18/h1-5H,(H2,14,17)(H,19,20). The predicted octanol–water partition coefficient (Wildman–Crippen LogP) is 1.73. The number of aromatic nitrogens is 4. The smallest absolute Gasteiger partial charge is 0.338 e. The van der Waals surface area contributed by atoms with E-state index in [9.17, 15) is 4.79 Å². The van der Waals surface area contributed by atoms with Gasteiger partial charge >= 0.3 is 5.97 Å². The first-order valence-corrected chi connectivity index (χ1v) is 5.93. The van der Waals surface area contributed by atoms with Crippen LogP contribution in [0.4, 0.5) is 5.95 Å². The lowest BCUT2D eigenvalue weighted by Gasteiger charge is -2.04. The molecule has 0 atom stereocenters. The minimum atomic E-state index is -1.13. The monoisotopic (exact) mass is 289 g/mol. The molecule has 0 spiro atoms. The summed E-state index contributed by atoms with van der Waals surface area (Å²) in [7, 11) is 0. The molecule has 3 N–H and O–H groups in total. The Morgan fingerprint density at radius 2 is 2.15 bits per heavy atom. The molecule has 0 fully saturated rings. The molecular weight excluding hydrogens is 282 g/mol. The van der Waals surface area contributed by atoms with Gasteiger partial charge in [0.25, 0.3) is 0 Å². The van der Waals surface area contributed by atoms with E-state index in [4.69, 9.17) is 22.4 Å². The molecule has 0 bridgehead atoms. The predicted molar refractivity (Wildman–Crippen MR) is 72.6 cm³/mol. The molecule has 8 heteroatoms. The molecule has 3 heterocycles. The van der Waals surface area contributed by atoms with Gasteiger partial charge in [0.15, 0.2) is 5.65 Å². The topological polar surface area (TPSA) is 106 Å². The summed E-state index contributed by atoms with van der Waals surface area (Å²) < 4.78 is 1.53. The van der Waals surface area contributed by atoms with Crippen molar-refractivity contribution in [1.29, 1.82) is 0 Å². The highest BCUT2D eigenvalue weighted by Gasteiger charge is 2.12. The summed E-state index contributed by atoms with van der Waals surface area (Å²) in [5, 5.41) is 13.0. The van der Waals surface area contributed by atoms with Crippen molar-refractivity contribution in [1.82, 2.24) is 19.6 Å². The van der Waals surface area contributed by atoms with Gasteiger partial charge < -0.3 is 10.8 Å². The van der Waals surface area contributed by atoms with E-state index in [2.05, 4.69) is 15.1 Å². The molecule has 0 unspecified atom stereocenters. The quantitative estimate of drug-likeness (QED) is 0.696. The Labute approximate surface area is 117 Å². The molecule has 3 rings (SSSR count). The van der Waals surface area contributed by atoms with Crippen LogP contribution in [0.3, 0.4) is 0 Å². The number of hydrogen-bond acceptors (Lipinski definition) is 5. The van der Waals surface area contributed by atoms with Gasteiger partial charge in [-0.1, -0.05) is 11.6 Å². The van der Waals surface area contributed by atoms with Crippen molar-refractivity contribution in [2.45, 2.75) is 0 Å². The Morgan fingerprint density at radius 3 is 2.90 bits per heavy atom. The number of carbonyl (C=O) groups is 1. The minimum absolute atomic E-state index is 0.0472. The zero-order chi connectivity index (χ0) is 14.3. The van der Waals surface area contributed by atoms with E-state index >= 15 is 0 Å². The highest BCUT2D eigenvalue weighted by molar-refractivity contribution is 6.32. The van der Waals surface area contributed by atoms with Crippen LogP contribution in [-0.2, 0) is 0 Å². The van der Waals surface area contributed by atoms with Crippen LogP contribution < -0.4 is 5.73 Å². The summed E-state index contributed by atoms with van der Waals surface area (Å²) >= 11 is 5.74. The van der Waals surface area contributed by atoms with Crippen molar-refractivity contribution in [3.63, 3.8) is 0 Å². The highest BCUT2D eigenvalue weighted by atomic mass is 35.5. The van der Waals surface area contributed by atoms with Crippen LogP contribution in [0.1, 0.15) is 10.4 Å². The molecule has 0 saturated heterocycles. The van der Waals surface area contributed by atoms with Crippen LogP contribution >= 0.6 is 11.6 Å². The molecule has 0 aliphatic carbocycles. The van der Waals surface area contributed by atoms with E-state index in [1.807, 2.05) is 0 Å². The third kappa shape index (κ3) is 2.04. The van der Waals surface area contributed by atoms with Gasteiger partial charge in [-0.05, 0) is 23.8 Å². The number of halogens is 1. The fourth-order valence-electron chi connectivity index (χ4n) is 1.83. The maximum Gasteiger partial charge on any atom is 0.338 e. The Balaban J connectivity index is 2.14. The van der Waals surface area contributed by atoms with Crippen molar-refractivity contribution in [2.75, 3.05) is 5.73 Å². The number of nitrogens with two attached hydrogens (primary N) is 1. The van der Waals surface area contributed by atoms with E-state index in [0.717, 1.165) is 5.56 Å². The summed E-state index contributed by atoms with van der Waals surface area (Å²) in [5.74, 6) is -0.959. The first-order valence-electron chi connectivity index (χ1n) is 5.56. The molecule has 0 radical (unpaired) electrons. The zero-order valence-corrected chi connectivity index (χ0v) is 10.7. The van der Waals surface area contributed by atoms with Gasteiger partial charge in [-0.25, -0.2) is 14.3 Å². The van der Waals surface area contributed by atoms with Gasteiger partial charge in [-0.3, -0.25) is 0 Å². The number of carboxylic acid groups (broad SMARTS) is 1. The van der Waals surface area contributed by atoms with E-state index in [-0.39, 0.29) is 16.7 Å². The number of rotatable bonds is 2. The maximum absolute atomic E-state index is 11.1. The maximum atomic E-state index is 11.1. The molecule has 0 saturated carbocycles. The van der Waals surface area contributed by atoms with Crippen LogP contribution in [0.5, 0.6) is 0 Å². The number of fused-ring (bicyclic) bond motifs is 1. The third-order valence-electron chi connectivity index (χ3n) is 2.76. The largest absolute Gasteiger partial charge is 0.478 e. The number of aromatic carboxylic acids is 1. The highest BCUT2D eigenvalue weighted by Crippen LogP contribution is 2.24. The molecule has 100 valence electrons. The average molecular weight is 290 g/mol. The average Bonchev–Trinajstić information content (AvgIpc) is 2.78. The number of carboxylic acids is 1. The Bertz CT molecular complexity index is 830. The molecular formula is C12H8ClN5O2. The molecule has 7 nitrogen and oxygen atoms in total. The number of nitrogens with zero attached hydrogens (tertiary/aromatic N) is 4. The number of anilines is 1. The van der Waals surface area contributed by atoms with E-state index < -0.39 is 5.97 Å². The van der Waals surface area contributed by atoms with Gasteiger partial charge in [-0.2, -0.15) is 4.98 Å². The summed E-state index contributed by atoms with van der Waals surface area (Å²) in [5.41, 5.74) is 7.39. The van der Waals surface area contributed by atoms with Gasteiger partial charge in [0, 0.05) is 18.0 Å². The minimum Gasteiger partial charge on any atom is -0.478 e. The van der Waals surface area contributed by atoms with Crippen molar-refractivity contribution in [3.05, 3.63) is 41.3 Å². The lowest BCUT2D eigenvalue weighted by atomic mass is 10.1. The van der Waals surface area contributed by atoms with Gasteiger partial charge in [0.1, 0.15) is 5.15 Å². The second-order valence-electron chi connectivity index (χ2n) is 4.06. The molecule has 0 aliphatic heterocycles. The van der Waals surface area contributed by atoms with E-state index in [1.54, 1.807) is 18.3 Å². The Kier molecular flexibility index (Phi) is 2.76. The van der Waals surface area contributed by atoms with Gasteiger partial charge in [0.05, 0.1) is 5.56 Å². The molecule has 0 amide bonds. The second kappa shape index (κ2) is 4.46. The van der Waals surface area contributed by atoms with Crippen molar-refractivity contribution >= 4 is 29.2 Å². The van der Waals surface area contributed by atoms with Crippen molar-refractivity contribution in [3.8, 4) is 11.1 Å². The van der Waals surface area contributed by atoms with Crippen molar-refractivity contribution in [2.24, 2.45) is 0 Å². The van der Waals surface area contributed by atoms with E-state index in [1.165, 1.54) is 16.8 Å². The Hall–Kier alpha value is -2.67. The Morgan fingerprint density at radius 1 is 1.35 bits per heavy atom. The molecule has 0 aliphatic rings. The van der Waals surface area contributed by atoms with Gasteiger partial charge in [-0.15, -0.1) is 5.10 Å². The number of hydrogen-bond donors (Lipinski definition) is 2. The number of pyridine rings is 2. The first-order chi connectivity index (χ1) is 9.54. The van der Waals surface area contributed by atoms with Crippen LogP contribution in [0, 0.1) is 0 Å². The summed E-state index contributed by atoms with van der Waals surface area (Å²) in [4.78, 5) is 19.0. The third-order valence-corrected chi connectivity index (χ3v) is 3.06. The second-order valence-corrected chi connectivity index (χ2v) is 4.41. The van der Waals surface area contributed by atoms with Crippen LogP contribution in [0.25, 0.3) is 16.8 Å². The molecule has 0 aromatic carbocycles. The molecule has 3 aromatic heterocycles. The van der Waals surface area contributed by atoms with Gasteiger partial charge in [0.2, 0.25) is 5.95 Å². The van der Waals surface area contributed by atoms with Crippen molar-refractivity contribution < 1.29 is 9.90 Å². The van der Waals surface area contributed by atoms with Crippen LogP contribution in [-0.4, -0.2) is 30.7 Å². The van der Waals surface area contributed by atoms with Crippen LogP contribution in [0.15, 0.2) is 30.6 Å². The SMILES string of the molecule is Nc1nc2cc(-c3cnc(Cl)c(C(=O)O)c3)ccn2n1. The fourth-order valence-corrected chi connectivity index (χ4v) is 2.02. The summed E-state index contributed by atoms with van der Waals surface area (Å²) in [6.45, 7) is 0. The normalized spacial score (nSPS) is 10.8. The zero-order valence-electron chi connectivity index (χ0n) is 9.99. The summed E-state index contributed by atoms with van der Waals surface area (Å²) in [6.07, 6.45) is 3.18. The number of nitrogen functional groups attached to an aromatic ring is 1. The first kappa shape index (κ1) is 12.4. The lowest BCUT2D eigenvalue weighted by molar-refractivity contribution is 0.0696. The van der Waals surface area contributed by atoms with E-state index in [0.29, 0.717) is 11.2 Å². The van der Waals surface area contributed by atoms with Crippen LogP contribution in [0.2, 0.25) is 5.15 Å². The lowest BCUT2D eigenvalue weighted by Crippen LogP contribution is -1.99. The molecule has 20 heavy (non-hydrogen) atoms. The fraction of sp³-hybridized carbons (Fsp3) is 0. The summed E-state index contributed by atoms with van der Waals surface area (Å²) in [6, 6.07) is 4.96. The molecule has 3 aromatic rings.